The molecule has 2 aromatic rings. The van der Waals surface area contributed by atoms with Crippen molar-refractivity contribution in [2.75, 3.05) is 13.1 Å². The summed E-state index contributed by atoms with van der Waals surface area (Å²) in [5.41, 5.74) is 0.546. The van der Waals surface area contributed by atoms with Gasteiger partial charge in [-0.3, -0.25) is 14.9 Å². The summed E-state index contributed by atoms with van der Waals surface area (Å²) in [7, 11) is 0. The number of hydrogen-bond acceptors (Lipinski definition) is 9. The van der Waals surface area contributed by atoms with E-state index in [2.05, 4.69) is 15.3 Å². The van der Waals surface area contributed by atoms with Crippen molar-refractivity contribution >= 4 is 17.9 Å². The number of aryl methyl sites for hydroxylation is 1. The van der Waals surface area contributed by atoms with Gasteiger partial charge in [0.2, 0.25) is 0 Å². The second-order valence-electron chi connectivity index (χ2n) is 7.77. The highest BCUT2D eigenvalue weighted by atomic mass is 16.6. The summed E-state index contributed by atoms with van der Waals surface area (Å²) in [4.78, 5) is 41.6. The molecule has 1 N–H and O–H groups in total. The third-order valence-corrected chi connectivity index (χ3v) is 5.43. The van der Waals surface area contributed by atoms with Crippen LogP contribution in [0.3, 0.4) is 0 Å². The van der Waals surface area contributed by atoms with E-state index in [0.29, 0.717) is 25.0 Å². The van der Waals surface area contributed by atoms with Gasteiger partial charge in [-0.05, 0) is 69.3 Å². The van der Waals surface area contributed by atoms with Gasteiger partial charge in [0, 0.05) is 6.42 Å². The molecule has 0 radical (unpaired) electrons. The highest BCUT2D eigenvalue weighted by Crippen LogP contribution is 2.38. The van der Waals surface area contributed by atoms with Crippen LogP contribution in [0.5, 0.6) is 11.6 Å². The van der Waals surface area contributed by atoms with Crippen molar-refractivity contribution in [1.82, 2.24) is 15.3 Å². The number of aromatic nitrogens is 2. The summed E-state index contributed by atoms with van der Waals surface area (Å²) < 4.78 is 10.9. The first-order valence-corrected chi connectivity index (χ1v) is 10.5. The summed E-state index contributed by atoms with van der Waals surface area (Å²) in [6.07, 6.45) is 3.56. The van der Waals surface area contributed by atoms with Crippen molar-refractivity contribution in [3.8, 4) is 11.6 Å². The number of carbonyl (C=O) groups excluding carboxylic acids is 2. The molecule has 1 fully saturated rings. The molecule has 1 unspecified atom stereocenters. The third kappa shape index (κ3) is 6.30. The van der Waals surface area contributed by atoms with Gasteiger partial charge < -0.3 is 19.6 Å². The minimum atomic E-state index is -0.865. The smallest absolute Gasteiger partial charge is 0.356 e. The molecule has 1 aliphatic heterocycles. The fraction of sp³-hybridized carbons (Fsp3) is 0.455. The Kier molecular flexibility index (Phi) is 8.20. The van der Waals surface area contributed by atoms with E-state index in [4.69, 9.17) is 9.47 Å². The number of carbonyl (C=O) groups is 2. The molecule has 0 spiro atoms. The van der Waals surface area contributed by atoms with Crippen molar-refractivity contribution in [3.05, 3.63) is 52.0 Å². The van der Waals surface area contributed by atoms with Crippen molar-refractivity contribution in [2.45, 2.75) is 45.1 Å². The second kappa shape index (κ2) is 11.3. The first-order valence-electron chi connectivity index (χ1n) is 10.5. The number of ketones is 1. The van der Waals surface area contributed by atoms with E-state index in [0.717, 1.165) is 31.5 Å². The Morgan fingerprint density at radius 3 is 2.62 bits per heavy atom. The van der Waals surface area contributed by atoms with Crippen LogP contribution in [-0.2, 0) is 20.7 Å². The van der Waals surface area contributed by atoms with E-state index in [1.165, 1.54) is 13.3 Å². The van der Waals surface area contributed by atoms with Gasteiger partial charge in [-0.1, -0.05) is 12.1 Å². The Morgan fingerprint density at radius 2 is 2.00 bits per heavy atom. The van der Waals surface area contributed by atoms with Gasteiger partial charge >= 0.3 is 11.6 Å². The van der Waals surface area contributed by atoms with Gasteiger partial charge in [0.15, 0.2) is 11.8 Å². The van der Waals surface area contributed by atoms with Crippen molar-refractivity contribution in [2.24, 2.45) is 5.92 Å². The van der Waals surface area contributed by atoms with Crippen LogP contribution in [0.2, 0.25) is 0 Å². The molecule has 0 bridgehead atoms. The van der Waals surface area contributed by atoms with Crippen LogP contribution >= 0.6 is 0 Å². The second-order valence-corrected chi connectivity index (χ2v) is 7.77. The highest BCUT2D eigenvalue weighted by Gasteiger charge is 2.33. The van der Waals surface area contributed by atoms with Crippen molar-refractivity contribution < 1.29 is 24.0 Å². The molecule has 10 heteroatoms. The molecular formula is C22H26N4O6. The third-order valence-electron chi connectivity index (χ3n) is 5.43. The minimum Gasteiger partial charge on any atom is -0.458 e. The van der Waals surface area contributed by atoms with E-state index >= 15 is 0 Å². The average Bonchev–Trinajstić information content (AvgIpc) is 2.78. The topological polar surface area (TPSA) is 134 Å². The molecule has 0 aliphatic carbocycles. The highest BCUT2D eigenvalue weighted by molar-refractivity contribution is 5.75. The van der Waals surface area contributed by atoms with Gasteiger partial charge in [0.1, 0.15) is 17.9 Å². The summed E-state index contributed by atoms with van der Waals surface area (Å²) in [6, 6.07) is 6.91. The molecular weight excluding hydrogens is 416 g/mol. The van der Waals surface area contributed by atoms with E-state index < -0.39 is 16.7 Å². The zero-order valence-corrected chi connectivity index (χ0v) is 17.9. The van der Waals surface area contributed by atoms with Crippen LogP contribution in [0.25, 0.3) is 0 Å². The predicted octanol–water partition coefficient (Wildman–Crippen LogP) is 3.30. The quantitative estimate of drug-likeness (QED) is 0.316. The van der Waals surface area contributed by atoms with Crippen LogP contribution in [0.15, 0.2) is 30.6 Å². The number of hydrogen-bond donors (Lipinski definition) is 1. The molecule has 32 heavy (non-hydrogen) atoms. The summed E-state index contributed by atoms with van der Waals surface area (Å²) in [5, 5.41) is 15.2. The zero-order valence-electron chi connectivity index (χ0n) is 17.9. The van der Waals surface area contributed by atoms with E-state index in [9.17, 15) is 19.7 Å². The van der Waals surface area contributed by atoms with Gasteiger partial charge in [0.25, 0.3) is 6.47 Å². The first-order chi connectivity index (χ1) is 15.5. The maximum absolute atomic E-state index is 11.9. The van der Waals surface area contributed by atoms with Crippen molar-refractivity contribution in [3.63, 3.8) is 0 Å². The normalized spacial score (nSPS) is 15.0. The van der Waals surface area contributed by atoms with Crippen LogP contribution < -0.4 is 10.1 Å². The number of ether oxygens (including phenoxy) is 2. The molecule has 2 heterocycles. The largest absolute Gasteiger partial charge is 0.458 e. The Labute approximate surface area is 185 Å². The molecule has 3 rings (SSSR count). The van der Waals surface area contributed by atoms with Crippen LogP contribution in [-0.4, -0.2) is 40.2 Å². The summed E-state index contributed by atoms with van der Waals surface area (Å²) in [6.45, 7) is 3.52. The molecule has 1 aromatic carbocycles. The Bertz CT molecular complexity index is 944. The van der Waals surface area contributed by atoms with Crippen molar-refractivity contribution in [1.29, 1.82) is 0 Å². The summed E-state index contributed by atoms with van der Waals surface area (Å²) in [5.74, 6) is 0.491. The number of nitrogens with one attached hydrogen (secondary N) is 1. The maximum atomic E-state index is 11.9. The van der Waals surface area contributed by atoms with Crippen LogP contribution in [0, 0.1) is 16.0 Å². The Morgan fingerprint density at radius 1 is 1.28 bits per heavy atom. The lowest BCUT2D eigenvalue weighted by Crippen LogP contribution is -2.29. The number of nitro groups is 1. The molecule has 1 atom stereocenters. The molecule has 0 amide bonds. The number of nitrogens with zero attached hydrogens (tertiary/aromatic N) is 3. The lowest BCUT2D eigenvalue weighted by atomic mass is 9.90. The molecule has 1 saturated heterocycles. The number of benzene rings is 1. The van der Waals surface area contributed by atoms with Crippen LogP contribution in [0.4, 0.5) is 5.69 Å². The van der Waals surface area contributed by atoms with Gasteiger partial charge in [-0.2, -0.15) is 4.98 Å². The number of piperidine rings is 1. The van der Waals surface area contributed by atoms with E-state index in [1.807, 2.05) is 0 Å². The number of rotatable bonds is 11. The van der Waals surface area contributed by atoms with Crippen LogP contribution in [0.1, 0.15) is 50.0 Å². The fourth-order valence-corrected chi connectivity index (χ4v) is 3.73. The fourth-order valence-electron chi connectivity index (χ4n) is 3.73. The van der Waals surface area contributed by atoms with Gasteiger partial charge in [-0.15, -0.1) is 0 Å². The monoisotopic (exact) mass is 442 g/mol. The Balaban J connectivity index is 1.83. The van der Waals surface area contributed by atoms with E-state index in [1.54, 1.807) is 24.3 Å². The average molecular weight is 442 g/mol. The maximum Gasteiger partial charge on any atom is 0.356 e. The molecule has 1 aromatic heterocycles. The van der Waals surface area contributed by atoms with E-state index in [-0.39, 0.29) is 29.7 Å². The lowest BCUT2D eigenvalue weighted by molar-refractivity contribution is -0.387. The zero-order chi connectivity index (χ0) is 22.9. The SMILES string of the molecule is CC(=O)CCc1ccc(Oc2ncnc(C(CC3CCNCC3)OC=O)c2[N+](=O)[O-])cc1. The number of Topliss-reactive ketones (excluding diaryl/α,β-unsaturated/α-hetero) is 1. The molecule has 170 valence electrons. The predicted molar refractivity (Wildman–Crippen MR) is 114 cm³/mol. The molecule has 1 aliphatic rings. The van der Waals surface area contributed by atoms with Gasteiger partial charge in [-0.25, -0.2) is 4.98 Å². The standard InChI is InChI=1S/C22H26N4O6/c1-15(28)2-3-16-4-6-18(7-5-16)32-22-21(26(29)30)20(24-13-25-22)19(31-14-27)12-17-8-10-23-11-9-17/h4-7,13-14,17,19,23H,2-3,8-12H2,1H3. The molecule has 10 nitrogen and oxygen atoms in total. The minimum absolute atomic E-state index is 0.0173. The van der Waals surface area contributed by atoms with Gasteiger partial charge in [0.05, 0.1) is 4.92 Å². The summed E-state index contributed by atoms with van der Waals surface area (Å²) >= 11 is 0. The Hall–Kier alpha value is -3.40. The lowest BCUT2D eigenvalue weighted by Gasteiger charge is -2.25. The molecule has 0 saturated carbocycles. The first kappa shape index (κ1) is 23.3.